The van der Waals surface area contributed by atoms with Gasteiger partial charge in [-0.25, -0.2) is 6.08 Å². The normalized spacial score (nSPS) is 14.3. The summed E-state index contributed by atoms with van der Waals surface area (Å²) in [6, 6.07) is 25.0. The number of hydrogen-bond acceptors (Lipinski definition) is 0. The first kappa shape index (κ1) is 34.5. The predicted octanol–water partition coefficient (Wildman–Crippen LogP) is 3.20. The Morgan fingerprint density at radius 1 is 0.947 bits per heavy atom. The number of aryl methyl sites for hydroxylation is 2. The van der Waals surface area contributed by atoms with Gasteiger partial charge in [-0.05, 0) is 18.9 Å². The molecule has 3 aromatic carbocycles. The minimum atomic E-state index is 0. The first-order chi connectivity index (χ1) is 17.1. The number of rotatable bonds is 3. The third-order valence-electron chi connectivity index (χ3n) is 6.60. The number of allylic oxidation sites excluding steroid dienone is 4. The van der Waals surface area contributed by atoms with Gasteiger partial charge < -0.3 is 24.8 Å². The van der Waals surface area contributed by atoms with Crippen LogP contribution in [0.15, 0.2) is 78.4 Å². The van der Waals surface area contributed by atoms with Crippen molar-refractivity contribution in [3.05, 3.63) is 118 Å². The van der Waals surface area contributed by atoms with Gasteiger partial charge in [-0.1, -0.05) is 88.1 Å². The van der Waals surface area contributed by atoms with Gasteiger partial charge in [0, 0.05) is 0 Å². The second kappa shape index (κ2) is 15.9. The molecular weight excluding hydrogens is 583 g/mol. The number of fused-ring (bicyclic) bond motifs is 3. The van der Waals surface area contributed by atoms with E-state index >= 15 is 0 Å². The Labute approximate surface area is 259 Å². The molecule has 0 aromatic heterocycles. The minimum absolute atomic E-state index is 0. The second-order valence-corrected chi connectivity index (χ2v) is 12.8. The molecule has 0 bridgehead atoms. The van der Waals surface area contributed by atoms with Crippen molar-refractivity contribution >= 4 is 3.21 Å². The SMILES string of the molecule is CCCC1[C-]=CC(C(C)(C)C)=C1.C[C](=[Zr+2])c1ccccc1.Cc1[c-]c2c(cc1)-c1ccc(C)cc1C2.[Cl-].[Cl-]. The molecule has 2 aliphatic carbocycles. The summed E-state index contributed by atoms with van der Waals surface area (Å²) in [5.41, 5.74) is 11.3. The van der Waals surface area contributed by atoms with Gasteiger partial charge in [0.2, 0.25) is 0 Å². The smallest absolute Gasteiger partial charge is 0.0253 e. The van der Waals surface area contributed by atoms with Crippen molar-refractivity contribution in [1.82, 2.24) is 0 Å². The Kier molecular flexibility index (Phi) is 14.4. The molecule has 200 valence electrons. The van der Waals surface area contributed by atoms with Crippen molar-refractivity contribution in [2.24, 2.45) is 11.3 Å². The fourth-order valence-corrected chi connectivity index (χ4v) is 4.92. The molecule has 0 amide bonds. The molecule has 0 aliphatic heterocycles. The zero-order chi connectivity index (χ0) is 26.3. The van der Waals surface area contributed by atoms with Gasteiger partial charge in [0.05, 0.1) is 0 Å². The zero-order valence-electron chi connectivity index (χ0n) is 23.9. The Bertz CT molecular complexity index is 1200. The predicted molar refractivity (Wildman–Crippen MR) is 153 cm³/mol. The summed E-state index contributed by atoms with van der Waals surface area (Å²) in [6.45, 7) is 15.4. The molecular formula is C35H40Cl2Zr-2. The first-order valence-electron chi connectivity index (χ1n) is 13.1. The van der Waals surface area contributed by atoms with Gasteiger partial charge in [0.15, 0.2) is 0 Å². The summed E-state index contributed by atoms with van der Waals surface area (Å²) in [4.78, 5) is 0. The monoisotopic (exact) mass is 620 g/mol. The number of halogens is 2. The average molecular weight is 623 g/mol. The molecule has 0 spiro atoms. The third kappa shape index (κ3) is 9.90. The summed E-state index contributed by atoms with van der Waals surface area (Å²) < 4.78 is 1.46. The maximum Gasteiger partial charge on any atom is -0.0253 e. The van der Waals surface area contributed by atoms with Gasteiger partial charge in [0.25, 0.3) is 0 Å². The van der Waals surface area contributed by atoms with Crippen LogP contribution in [-0.2, 0) is 30.7 Å². The quantitative estimate of drug-likeness (QED) is 0.308. The van der Waals surface area contributed by atoms with E-state index in [1.54, 1.807) is 0 Å². The average Bonchev–Trinajstić information content (AvgIpc) is 3.44. The van der Waals surface area contributed by atoms with E-state index in [0.717, 1.165) is 6.42 Å². The van der Waals surface area contributed by atoms with Gasteiger partial charge in [0.1, 0.15) is 0 Å². The summed E-state index contributed by atoms with van der Waals surface area (Å²) in [5.74, 6) is 0.587. The van der Waals surface area contributed by atoms with E-state index in [-0.39, 0.29) is 24.8 Å². The molecule has 0 heterocycles. The molecule has 1 atom stereocenters. The molecule has 0 fully saturated rings. The maximum atomic E-state index is 3.45. The van der Waals surface area contributed by atoms with E-state index < -0.39 is 0 Å². The van der Waals surface area contributed by atoms with Crippen molar-refractivity contribution in [1.29, 1.82) is 0 Å². The van der Waals surface area contributed by atoms with Gasteiger partial charge in [-0.3, -0.25) is 6.08 Å². The Balaban J connectivity index is 0.000000287. The summed E-state index contributed by atoms with van der Waals surface area (Å²) in [7, 11) is 0. The van der Waals surface area contributed by atoms with Crippen molar-refractivity contribution in [3.63, 3.8) is 0 Å². The van der Waals surface area contributed by atoms with Crippen LogP contribution in [0, 0.1) is 37.3 Å². The van der Waals surface area contributed by atoms with E-state index in [1.165, 1.54) is 84.8 Å². The van der Waals surface area contributed by atoms with Crippen LogP contribution in [0.1, 0.15) is 75.3 Å². The van der Waals surface area contributed by atoms with Crippen LogP contribution >= 0.6 is 0 Å². The Hall–Kier alpha value is -1.53. The van der Waals surface area contributed by atoms with E-state index in [0.29, 0.717) is 11.3 Å². The summed E-state index contributed by atoms with van der Waals surface area (Å²) >= 11 is 1.51. The van der Waals surface area contributed by atoms with Crippen molar-refractivity contribution < 1.29 is 49.0 Å². The molecule has 0 N–H and O–H groups in total. The Morgan fingerprint density at radius 3 is 2.16 bits per heavy atom. The summed E-state index contributed by atoms with van der Waals surface area (Å²) in [6.07, 6.45) is 11.5. The van der Waals surface area contributed by atoms with Crippen LogP contribution < -0.4 is 24.8 Å². The molecule has 0 saturated carbocycles. The number of hydrogen-bond donors (Lipinski definition) is 0. The molecule has 0 saturated heterocycles. The summed E-state index contributed by atoms with van der Waals surface area (Å²) in [5, 5.41) is 0. The fraction of sp³-hybridized carbons (Fsp3) is 0.343. The van der Waals surface area contributed by atoms with Gasteiger partial charge in [-0.2, -0.15) is 35.4 Å². The minimum Gasteiger partial charge on any atom is -1.00 e. The van der Waals surface area contributed by atoms with E-state index in [9.17, 15) is 0 Å². The van der Waals surface area contributed by atoms with E-state index in [1.807, 2.05) is 6.07 Å². The largest absolute Gasteiger partial charge is 1.00 e. The molecule has 1 unspecified atom stereocenters. The van der Waals surface area contributed by atoms with Crippen LogP contribution in [-0.4, -0.2) is 3.21 Å². The molecule has 0 nitrogen and oxygen atoms in total. The zero-order valence-corrected chi connectivity index (χ0v) is 27.9. The maximum absolute atomic E-state index is 3.45. The first-order valence-corrected chi connectivity index (χ1v) is 14.3. The second-order valence-electron chi connectivity index (χ2n) is 10.9. The number of benzene rings is 3. The third-order valence-corrected chi connectivity index (χ3v) is 7.31. The van der Waals surface area contributed by atoms with Crippen molar-refractivity contribution in [3.8, 4) is 11.1 Å². The van der Waals surface area contributed by atoms with Crippen LogP contribution in [0.4, 0.5) is 0 Å². The topological polar surface area (TPSA) is 0 Å². The fourth-order valence-electron chi connectivity index (χ4n) is 4.51. The molecule has 0 radical (unpaired) electrons. The van der Waals surface area contributed by atoms with E-state index in [2.05, 4.69) is 127 Å². The molecule has 5 rings (SSSR count). The van der Waals surface area contributed by atoms with Crippen LogP contribution in [0.3, 0.4) is 0 Å². The van der Waals surface area contributed by atoms with Gasteiger partial charge >= 0.3 is 70.3 Å². The van der Waals surface area contributed by atoms with Gasteiger partial charge in [-0.15, -0.1) is 11.1 Å². The van der Waals surface area contributed by atoms with E-state index in [4.69, 9.17) is 0 Å². The standard InChI is InChI=1S/C15H13.C12H19.C8H8.2ClH.Zr/c1-10-3-5-14-12(7-10)9-13-8-11(2)4-6-15(13)14;1-5-6-10-7-8-11(9-10)12(2,3)4;1-2-8-6-4-3-5-7-8;;;/h3-7H,9H2,1-2H3;8-10H,5-6H2,1-4H3;3-7H,1H3;2*1H;/q2*-1;;;;+2/p-2. The van der Waals surface area contributed by atoms with Crippen molar-refractivity contribution in [2.75, 3.05) is 0 Å². The molecule has 38 heavy (non-hydrogen) atoms. The van der Waals surface area contributed by atoms with Crippen LogP contribution in [0.25, 0.3) is 11.1 Å². The Morgan fingerprint density at radius 2 is 1.61 bits per heavy atom. The van der Waals surface area contributed by atoms with Crippen LogP contribution in [0.2, 0.25) is 0 Å². The molecule has 3 aromatic rings. The molecule has 3 heteroatoms. The molecule has 2 aliphatic rings. The van der Waals surface area contributed by atoms with Crippen LogP contribution in [0.5, 0.6) is 0 Å². The van der Waals surface area contributed by atoms with Crippen molar-refractivity contribution in [2.45, 2.75) is 67.7 Å².